The van der Waals surface area contributed by atoms with Crippen LogP contribution in [-0.2, 0) is 6.54 Å². The molecule has 2 aromatic rings. The van der Waals surface area contributed by atoms with E-state index in [9.17, 15) is 9.18 Å². The largest absolute Gasteiger partial charge is 0.467 e. The molecule has 0 aliphatic carbocycles. The van der Waals surface area contributed by atoms with Crippen molar-refractivity contribution in [3.63, 3.8) is 0 Å². The molecule has 4 nitrogen and oxygen atoms in total. The number of halogens is 1. The van der Waals surface area contributed by atoms with Crippen LogP contribution in [0.1, 0.15) is 29.5 Å². The summed E-state index contributed by atoms with van der Waals surface area (Å²) in [6, 6.07) is 7.97. The van der Waals surface area contributed by atoms with E-state index in [-0.39, 0.29) is 18.1 Å². The normalized spacial score (nSPS) is 10.3. The van der Waals surface area contributed by atoms with Gasteiger partial charge in [0.15, 0.2) is 0 Å². The van der Waals surface area contributed by atoms with Crippen LogP contribution in [-0.4, -0.2) is 12.5 Å². The molecule has 0 radical (unpaired) electrons. The minimum absolute atomic E-state index is 0.242. The summed E-state index contributed by atoms with van der Waals surface area (Å²) < 4.78 is 18.9. The number of para-hydroxylation sites is 1. The Kier molecular flexibility index (Phi) is 4.76. The van der Waals surface area contributed by atoms with Gasteiger partial charge in [-0.3, -0.25) is 4.79 Å². The van der Waals surface area contributed by atoms with Crippen LogP contribution >= 0.6 is 0 Å². The first-order valence-electron chi connectivity index (χ1n) is 6.55. The summed E-state index contributed by atoms with van der Waals surface area (Å²) in [4.78, 5) is 12.1. The van der Waals surface area contributed by atoms with Crippen molar-refractivity contribution in [3.05, 3.63) is 53.7 Å². The fourth-order valence-corrected chi connectivity index (χ4v) is 1.82. The molecule has 0 atom stereocenters. The quantitative estimate of drug-likeness (QED) is 0.852. The fraction of sp³-hybridized carbons (Fsp3) is 0.267. The highest BCUT2D eigenvalue weighted by Gasteiger charge is 2.14. The number of nitrogens with one attached hydrogen (secondary N) is 2. The predicted molar refractivity (Wildman–Crippen MR) is 75.1 cm³/mol. The molecule has 1 aromatic carbocycles. The second-order valence-electron chi connectivity index (χ2n) is 4.35. The molecule has 0 bridgehead atoms. The van der Waals surface area contributed by atoms with Gasteiger partial charge in [0, 0.05) is 6.54 Å². The first-order chi connectivity index (χ1) is 9.72. The zero-order valence-corrected chi connectivity index (χ0v) is 11.3. The van der Waals surface area contributed by atoms with Crippen LogP contribution in [0.25, 0.3) is 0 Å². The van der Waals surface area contributed by atoms with E-state index >= 15 is 0 Å². The molecule has 0 unspecified atom stereocenters. The smallest absolute Gasteiger partial charge is 0.253 e. The predicted octanol–water partition coefficient (Wildman–Crippen LogP) is 3.17. The average molecular weight is 276 g/mol. The summed E-state index contributed by atoms with van der Waals surface area (Å²) in [5.41, 5.74) is 0.538. The van der Waals surface area contributed by atoms with Gasteiger partial charge in [-0.1, -0.05) is 13.0 Å². The molecule has 0 spiro atoms. The highest BCUT2D eigenvalue weighted by Crippen LogP contribution is 2.20. The summed E-state index contributed by atoms with van der Waals surface area (Å²) in [6.45, 7) is 2.86. The molecule has 2 rings (SSSR count). The van der Waals surface area contributed by atoms with E-state index in [2.05, 4.69) is 10.6 Å². The van der Waals surface area contributed by atoms with Crippen molar-refractivity contribution in [1.82, 2.24) is 5.32 Å². The lowest BCUT2D eigenvalue weighted by Crippen LogP contribution is -2.24. The van der Waals surface area contributed by atoms with E-state index in [4.69, 9.17) is 4.42 Å². The fourth-order valence-electron chi connectivity index (χ4n) is 1.82. The van der Waals surface area contributed by atoms with E-state index in [1.165, 1.54) is 18.4 Å². The topological polar surface area (TPSA) is 54.3 Å². The number of hydrogen-bond donors (Lipinski definition) is 2. The number of carbonyl (C=O) groups is 1. The van der Waals surface area contributed by atoms with Crippen LogP contribution in [0, 0.1) is 5.82 Å². The van der Waals surface area contributed by atoms with Crippen molar-refractivity contribution in [3.8, 4) is 0 Å². The number of rotatable bonds is 6. The highest BCUT2D eigenvalue weighted by molar-refractivity contribution is 5.99. The van der Waals surface area contributed by atoms with E-state index in [0.29, 0.717) is 17.9 Å². The number of amides is 1. The zero-order valence-electron chi connectivity index (χ0n) is 11.3. The molecule has 5 heteroatoms. The average Bonchev–Trinajstić information content (AvgIpc) is 2.96. The molecular formula is C15H17FN2O2. The van der Waals surface area contributed by atoms with Crippen molar-refractivity contribution in [2.75, 3.05) is 11.9 Å². The van der Waals surface area contributed by atoms with Gasteiger partial charge in [0.05, 0.1) is 24.1 Å². The van der Waals surface area contributed by atoms with Crippen LogP contribution in [0.2, 0.25) is 0 Å². The maximum atomic E-state index is 13.8. The molecule has 106 valence electrons. The third kappa shape index (κ3) is 3.38. The van der Waals surface area contributed by atoms with Gasteiger partial charge >= 0.3 is 0 Å². The van der Waals surface area contributed by atoms with Crippen LogP contribution in [0.3, 0.4) is 0 Å². The molecule has 2 N–H and O–H groups in total. The Labute approximate surface area is 117 Å². The summed E-state index contributed by atoms with van der Waals surface area (Å²) in [6.07, 6.45) is 2.39. The molecule has 0 fully saturated rings. The molecule has 0 aliphatic rings. The van der Waals surface area contributed by atoms with Crippen molar-refractivity contribution in [2.24, 2.45) is 0 Å². The van der Waals surface area contributed by atoms with Gasteiger partial charge in [-0.25, -0.2) is 4.39 Å². The van der Waals surface area contributed by atoms with Crippen molar-refractivity contribution in [1.29, 1.82) is 0 Å². The lowest BCUT2D eigenvalue weighted by molar-refractivity contribution is 0.0948. The van der Waals surface area contributed by atoms with Gasteiger partial charge in [0.25, 0.3) is 5.91 Å². The standard InChI is InChI=1S/C15H17FN2O2/c1-2-8-17-14-12(6-3-7-13(14)16)15(19)18-10-11-5-4-9-20-11/h3-7,9,17H,2,8,10H2,1H3,(H,18,19). The zero-order chi connectivity index (χ0) is 14.4. The van der Waals surface area contributed by atoms with Gasteiger partial charge in [0.2, 0.25) is 0 Å². The third-order valence-corrected chi connectivity index (χ3v) is 2.81. The number of furan rings is 1. The van der Waals surface area contributed by atoms with E-state index in [0.717, 1.165) is 6.42 Å². The van der Waals surface area contributed by atoms with E-state index in [1.807, 2.05) is 6.92 Å². The lowest BCUT2D eigenvalue weighted by Gasteiger charge is -2.12. The van der Waals surface area contributed by atoms with Crippen LogP contribution in [0.4, 0.5) is 10.1 Å². The Bertz CT molecular complexity index is 567. The minimum atomic E-state index is -0.427. The summed E-state index contributed by atoms with van der Waals surface area (Å²) >= 11 is 0. The third-order valence-electron chi connectivity index (χ3n) is 2.81. The monoisotopic (exact) mass is 276 g/mol. The molecule has 0 aliphatic heterocycles. The maximum absolute atomic E-state index is 13.8. The molecule has 0 saturated heterocycles. The Morgan fingerprint density at radius 1 is 1.30 bits per heavy atom. The second kappa shape index (κ2) is 6.75. The van der Waals surface area contributed by atoms with Crippen LogP contribution < -0.4 is 10.6 Å². The van der Waals surface area contributed by atoms with Crippen LogP contribution in [0.5, 0.6) is 0 Å². The Balaban J connectivity index is 2.10. The SMILES string of the molecule is CCCNc1c(F)cccc1C(=O)NCc1ccco1. The van der Waals surface area contributed by atoms with Crippen molar-refractivity contribution >= 4 is 11.6 Å². The molecule has 1 heterocycles. The van der Waals surface area contributed by atoms with Crippen molar-refractivity contribution < 1.29 is 13.6 Å². The Morgan fingerprint density at radius 2 is 2.15 bits per heavy atom. The first kappa shape index (κ1) is 14.1. The van der Waals surface area contributed by atoms with Crippen LogP contribution in [0.15, 0.2) is 41.0 Å². The Hall–Kier alpha value is -2.30. The van der Waals surface area contributed by atoms with E-state index < -0.39 is 5.82 Å². The molecule has 0 saturated carbocycles. The summed E-state index contributed by atoms with van der Waals surface area (Å²) in [7, 11) is 0. The lowest BCUT2D eigenvalue weighted by atomic mass is 10.1. The van der Waals surface area contributed by atoms with Gasteiger partial charge in [0.1, 0.15) is 11.6 Å². The summed E-state index contributed by atoms with van der Waals surface area (Å²) in [5.74, 6) is -0.110. The van der Waals surface area contributed by atoms with Gasteiger partial charge < -0.3 is 15.1 Å². The van der Waals surface area contributed by atoms with E-state index in [1.54, 1.807) is 18.2 Å². The molecule has 1 amide bonds. The summed E-state index contributed by atoms with van der Waals surface area (Å²) in [5, 5.41) is 5.65. The van der Waals surface area contributed by atoms with Crippen molar-refractivity contribution in [2.45, 2.75) is 19.9 Å². The first-order valence-corrected chi connectivity index (χ1v) is 6.55. The minimum Gasteiger partial charge on any atom is -0.467 e. The molecule has 1 aromatic heterocycles. The van der Waals surface area contributed by atoms with Gasteiger partial charge in [-0.2, -0.15) is 0 Å². The number of hydrogen-bond acceptors (Lipinski definition) is 3. The number of carbonyl (C=O) groups excluding carboxylic acids is 1. The maximum Gasteiger partial charge on any atom is 0.253 e. The molecule has 20 heavy (non-hydrogen) atoms. The Morgan fingerprint density at radius 3 is 2.85 bits per heavy atom. The van der Waals surface area contributed by atoms with Gasteiger partial charge in [-0.05, 0) is 30.7 Å². The molecular weight excluding hydrogens is 259 g/mol. The highest BCUT2D eigenvalue weighted by atomic mass is 19.1. The number of anilines is 1. The van der Waals surface area contributed by atoms with Gasteiger partial charge in [-0.15, -0.1) is 0 Å². The number of benzene rings is 1. The second-order valence-corrected chi connectivity index (χ2v) is 4.35.